The Morgan fingerprint density at radius 2 is 1.34 bits per heavy atom. The van der Waals surface area contributed by atoms with Gasteiger partial charge in [0.2, 0.25) is 11.8 Å². The number of hydrogen-bond acceptors (Lipinski definition) is 11. The predicted molar refractivity (Wildman–Crippen MR) is 165 cm³/mol. The Balaban J connectivity index is 0.995. The summed E-state index contributed by atoms with van der Waals surface area (Å²) in [4.78, 5) is 54.4. The maximum atomic E-state index is 12.6. The van der Waals surface area contributed by atoms with Crippen LogP contribution in [0.4, 0.5) is 28.8 Å². The number of fused-ring (bicyclic) bond motifs is 2. The number of aromatic nitrogens is 9. The molecule has 44 heavy (non-hydrogen) atoms. The van der Waals surface area contributed by atoms with E-state index in [1.807, 2.05) is 23.7 Å². The van der Waals surface area contributed by atoms with Crippen molar-refractivity contribution >= 4 is 69.2 Å². The van der Waals surface area contributed by atoms with E-state index in [2.05, 4.69) is 45.5 Å². The first-order valence-corrected chi connectivity index (χ1v) is 13.6. The summed E-state index contributed by atoms with van der Waals surface area (Å²) in [6.07, 6.45) is 8.09. The molecule has 0 aliphatic carbocycles. The number of carbonyl (C=O) groups is 2. The maximum Gasteiger partial charge on any atom is 0.227 e. The van der Waals surface area contributed by atoms with Crippen molar-refractivity contribution in [1.82, 2.24) is 43.6 Å². The zero-order chi connectivity index (χ0) is 30.6. The minimum Gasteiger partial charge on any atom is -0.382 e. The number of imidazole rings is 2. The Bertz CT molecular complexity index is 2000. The zero-order valence-corrected chi connectivity index (χ0v) is 23.6. The van der Waals surface area contributed by atoms with E-state index in [0.29, 0.717) is 64.2 Å². The number of rotatable bonds is 10. The van der Waals surface area contributed by atoms with Crippen molar-refractivity contribution in [2.75, 3.05) is 22.1 Å². The number of amides is 2. The number of hydrogen-bond donors (Lipinski definition) is 4. The second-order valence-electron chi connectivity index (χ2n) is 9.84. The SMILES string of the molecule is Cn1c(/C=N/c2ccc(NC(=O)CCn3cnc4c(N)ncnc43)cc2)ccc1NC(=O)CCn1cnc2c(N)ncnc21. The fourth-order valence-corrected chi connectivity index (χ4v) is 4.55. The van der Waals surface area contributed by atoms with Gasteiger partial charge in [0.1, 0.15) is 29.5 Å². The lowest BCUT2D eigenvalue weighted by atomic mass is 10.2. The second kappa shape index (κ2) is 12.0. The van der Waals surface area contributed by atoms with E-state index in [0.717, 1.165) is 5.69 Å². The van der Waals surface area contributed by atoms with Crippen molar-refractivity contribution in [2.45, 2.75) is 25.9 Å². The van der Waals surface area contributed by atoms with Gasteiger partial charge in [-0.25, -0.2) is 29.9 Å². The third-order valence-corrected chi connectivity index (χ3v) is 6.94. The summed E-state index contributed by atoms with van der Waals surface area (Å²) < 4.78 is 5.37. The quantitative estimate of drug-likeness (QED) is 0.170. The van der Waals surface area contributed by atoms with E-state index < -0.39 is 0 Å². The molecular weight excluding hydrogens is 564 g/mol. The molecule has 6 N–H and O–H groups in total. The highest BCUT2D eigenvalue weighted by molar-refractivity contribution is 5.92. The molecule has 2 amide bonds. The monoisotopic (exact) mass is 592 g/mol. The first kappa shape index (κ1) is 28.0. The van der Waals surface area contributed by atoms with Crippen LogP contribution in [0.15, 0.2) is 66.7 Å². The van der Waals surface area contributed by atoms with Crippen molar-refractivity contribution < 1.29 is 9.59 Å². The van der Waals surface area contributed by atoms with Gasteiger partial charge in [-0.05, 0) is 36.4 Å². The fourth-order valence-electron chi connectivity index (χ4n) is 4.55. The highest BCUT2D eigenvalue weighted by Gasteiger charge is 2.12. The van der Waals surface area contributed by atoms with Gasteiger partial charge in [-0.2, -0.15) is 0 Å². The number of nitrogens with one attached hydrogen (secondary N) is 2. The maximum absolute atomic E-state index is 12.6. The van der Waals surface area contributed by atoms with Gasteiger partial charge in [-0.15, -0.1) is 0 Å². The molecule has 222 valence electrons. The number of aryl methyl sites for hydroxylation is 2. The van der Waals surface area contributed by atoms with E-state index in [-0.39, 0.29) is 24.7 Å². The molecule has 5 heterocycles. The molecule has 0 unspecified atom stereocenters. The molecule has 6 rings (SSSR count). The Morgan fingerprint density at radius 1 is 0.773 bits per heavy atom. The topological polar surface area (TPSA) is 215 Å². The van der Waals surface area contributed by atoms with Crippen molar-refractivity contribution in [2.24, 2.45) is 12.0 Å². The van der Waals surface area contributed by atoms with Gasteiger partial charge in [0.05, 0.1) is 30.3 Å². The molecule has 6 aromatic rings. The number of benzene rings is 1. The average molecular weight is 593 g/mol. The van der Waals surface area contributed by atoms with E-state index in [1.165, 1.54) is 12.7 Å². The summed E-state index contributed by atoms with van der Waals surface area (Å²) >= 11 is 0. The van der Waals surface area contributed by atoms with Crippen LogP contribution in [0.1, 0.15) is 18.5 Å². The van der Waals surface area contributed by atoms with Gasteiger partial charge in [-0.3, -0.25) is 14.6 Å². The van der Waals surface area contributed by atoms with Gasteiger partial charge in [0.25, 0.3) is 0 Å². The molecule has 0 atom stereocenters. The minimum absolute atomic E-state index is 0.152. The summed E-state index contributed by atoms with van der Waals surface area (Å²) in [6, 6.07) is 10.9. The van der Waals surface area contributed by atoms with Gasteiger partial charge < -0.3 is 35.8 Å². The predicted octanol–water partition coefficient (Wildman–Crippen LogP) is 2.28. The number of anilines is 4. The Labute approximate surface area is 249 Å². The molecule has 0 aliphatic heterocycles. The van der Waals surface area contributed by atoms with Crippen LogP contribution in [0.25, 0.3) is 22.3 Å². The van der Waals surface area contributed by atoms with Crippen LogP contribution in [-0.4, -0.2) is 61.6 Å². The highest BCUT2D eigenvalue weighted by Crippen LogP contribution is 2.19. The van der Waals surface area contributed by atoms with Crippen LogP contribution in [0.2, 0.25) is 0 Å². The van der Waals surface area contributed by atoms with E-state index in [1.54, 1.807) is 52.3 Å². The summed E-state index contributed by atoms with van der Waals surface area (Å²) in [7, 11) is 1.84. The molecule has 16 heteroatoms. The Kier molecular flexibility index (Phi) is 7.60. The lowest BCUT2D eigenvalue weighted by Crippen LogP contribution is -2.16. The fraction of sp³-hybridized carbons (Fsp3) is 0.179. The second-order valence-corrected chi connectivity index (χ2v) is 9.84. The Hall–Kier alpha value is -6.19. The van der Waals surface area contributed by atoms with Crippen LogP contribution >= 0.6 is 0 Å². The zero-order valence-electron chi connectivity index (χ0n) is 23.6. The number of aliphatic imine (C=N–C) groups is 1. The highest BCUT2D eigenvalue weighted by atomic mass is 16.2. The van der Waals surface area contributed by atoms with Crippen LogP contribution in [0, 0.1) is 0 Å². The van der Waals surface area contributed by atoms with E-state index in [9.17, 15) is 9.59 Å². The third kappa shape index (κ3) is 5.89. The molecular formula is C28H28N14O2. The minimum atomic E-state index is -0.159. The number of nitrogens with zero attached hydrogens (tertiary/aromatic N) is 10. The first-order valence-electron chi connectivity index (χ1n) is 13.6. The van der Waals surface area contributed by atoms with Crippen molar-refractivity contribution in [1.29, 1.82) is 0 Å². The molecule has 5 aromatic heterocycles. The molecule has 0 fully saturated rings. The van der Waals surface area contributed by atoms with Crippen molar-refractivity contribution in [3.8, 4) is 0 Å². The molecule has 1 aromatic carbocycles. The summed E-state index contributed by atoms with van der Waals surface area (Å²) in [5, 5.41) is 5.80. The van der Waals surface area contributed by atoms with Crippen LogP contribution < -0.4 is 22.1 Å². The largest absolute Gasteiger partial charge is 0.382 e. The first-order chi connectivity index (χ1) is 21.4. The van der Waals surface area contributed by atoms with Gasteiger partial charge in [-0.1, -0.05) is 0 Å². The normalized spacial score (nSPS) is 11.5. The molecule has 0 saturated heterocycles. The van der Waals surface area contributed by atoms with E-state index >= 15 is 0 Å². The lowest BCUT2D eigenvalue weighted by Gasteiger charge is -2.08. The number of carbonyl (C=O) groups excluding carboxylic acids is 2. The van der Waals surface area contributed by atoms with Crippen LogP contribution in [-0.2, 0) is 29.7 Å². The average Bonchev–Trinajstić information content (AvgIpc) is 3.73. The molecule has 0 spiro atoms. The van der Waals surface area contributed by atoms with Crippen molar-refractivity contribution in [3.05, 3.63) is 67.4 Å². The molecule has 0 radical (unpaired) electrons. The molecule has 16 nitrogen and oxygen atoms in total. The molecule has 0 saturated carbocycles. The molecule has 0 bridgehead atoms. The van der Waals surface area contributed by atoms with Gasteiger partial charge >= 0.3 is 0 Å². The molecule has 0 aliphatic rings. The van der Waals surface area contributed by atoms with Crippen LogP contribution in [0.3, 0.4) is 0 Å². The van der Waals surface area contributed by atoms with Gasteiger partial charge in [0, 0.05) is 38.7 Å². The van der Waals surface area contributed by atoms with Gasteiger partial charge in [0.15, 0.2) is 22.9 Å². The smallest absolute Gasteiger partial charge is 0.227 e. The standard InChI is InChI=1S/C28H28N14O2/c1-40-19(6-7-20(40)39-22(44)9-11-42-16-37-24-26(30)33-14-35-28(24)42)12-31-17-2-4-18(5-3-17)38-21(43)8-10-41-15-36-23-25(29)32-13-34-27(23)41/h2-7,12-16H,8-11H2,1H3,(H,38,43)(H,39,44)(H2,29,32,34)(H2,30,33,35)/b31-12+. The van der Waals surface area contributed by atoms with E-state index in [4.69, 9.17) is 11.5 Å². The number of nitrogens with two attached hydrogens (primary N) is 2. The summed E-state index contributed by atoms with van der Waals surface area (Å²) in [5.74, 6) is 0.925. The summed E-state index contributed by atoms with van der Waals surface area (Å²) in [6.45, 7) is 0.785. The Morgan fingerprint density at radius 3 is 1.93 bits per heavy atom. The van der Waals surface area contributed by atoms with Crippen LogP contribution in [0.5, 0.6) is 0 Å². The third-order valence-electron chi connectivity index (χ3n) is 6.94. The van der Waals surface area contributed by atoms with Crippen molar-refractivity contribution in [3.63, 3.8) is 0 Å². The number of nitrogen functional groups attached to an aromatic ring is 2. The summed E-state index contributed by atoms with van der Waals surface area (Å²) in [5.41, 5.74) is 16.0. The lowest BCUT2D eigenvalue weighted by molar-refractivity contribution is -0.117.